The van der Waals surface area contributed by atoms with Gasteiger partial charge in [-0.3, -0.25) is 0 Å². The van der Waals surface area contributed by atoms with Crippen molar-refractivity contribution in [1.29, 1.82) is 0 Å². The molecule has 0 aliphatic heterocycles. The van der Waals surface area contributed by atoms with Gasteiger partial charge in [-0.15, -0.1) is 11.3 Å². The molecule has 1 rings (SSSR count). The second-order valence-electron chi connectivity index (χ2n) is 2.60. The minimum Gasteiger partial charge on any atom is -0.447 e. The zero-order valence-corrected chi connectivity index (χ0v) is 8.58. The van der Waals surface area contributed by atoms with Gasteiger partial charge in [0, 0.05) is 11.6 Å². The molecule has 5 nitrogen and oxygen atoms in total. The lowest BCUT2D eigenvalue weighted by molar-refractivity contribution is 0.116. The molecule has 0 radical (unpaired) electrons. The third-order valence-electron chi connectivity index (χ3n) is 1.48. The summed E-state index contributed by atoms with van der Waals surface area (Å²) < 4.78 is 4.64. The summed E-state index contributed by atoms with van der Waals surface area (Å²) in [5.41, 5.74) is 0. The Morgan fingerprint density at radius 3 is 3.21 bits per heavy atom. The van der Waals surface area contributed by atoms with E-state index in [9.17, 15) is 4.79 Å². The molecule has 0 aliphatic carbocycles. The van der Waals surface area contributed by atoms with Crippen LogP contribution in [0, 0.1) is 0 Å². The number of nitrogens with one attached hydrogen (secondary N) is 1. The van der Waals surface area contributed by atoms with Crippen LogP contribution < -0.4 is 5.32 Å². The highest BCUT2D eigenvalue weighted by atomic mass is 32.1. The molecule has 2 N–H and O–H groups in total. The third kappa shape index (κ3) is 3.31. The van der Waals surface area contributed by atoms with E-state index in [0.717, 1.165) is 5.01 Å². The van der Waals surface area contributed by atoms with Crippen molar-refractivity contribution in [3.8, 4) is 0 Å². The number of hydrogen-bond donors (Lipinski definition) is 2. The van der Waals surface area contributed by atoms with Crippen LogP contribution >= 0.6 is 11.3 Å². The van der Waals surface area contributed by atoms with Gasteiger partial charge in [0.1, 0.15) is 11.6 Å². The number of aliphatic hydroxyl groups excluding tert-OH is 1. The summed E-state index contributed by atoms with van der Waals surface area (Å²) in [7, 11) is 0. The molecule has 0 aromatic carbocycles. The number of carbonyl (C=O) groups excluding carboxylic acids is 1. The zero-order chi connectivity index (χ0) is 10.4. The molecule has 1 unspecified atom stereocenters. The number of amides is 1. The monoisotopic (exact) mass is 216 g/mol. The lowest BCUT2D eigenvalue weighted by Gasteiger charge is -2.10. The van der Waals surface area contributed by atoms with Gasteiger partial charge in [0.25, 0.3) is 0 Å². The van der Waals surface area contributed by atoms with E-state index in [1.165, 1.54) is 11.3 Å². The summed E-state index contributed by atoms with van der Waals surface area (Å²) in [4.78, 5) is 15.1. The molecule has 1 aromatic rings. The van der Waals surface area contributed by atoms with Gasteiger partial charge in [-0.2, -0.15) is 0 Å². The Morgan fingerprint density at radius 2 is 2.64 bits per heavy atom. The Balaban J connectivity index is 2.33. The normalized spacial score (nSPS) is 12.1. The molecule has 0 spiro atoms. The number of aliphatic hydroxyl groups is 1. The van der Waals surface area contributed by atoms with Crippen LogP contribution in [0.1, 0.15) is 18.0 Å². The minimum absolute atomic E-state index is 0.0103. The Hall–Kier alpha value is -1.14. The fourth-order valence-electron chi connectivity index (χ4n) is 0.867. The first-order valence-corrected chi connectivity index (χ1v) is 5.05. The van der Waals surface area contributed by atoms with Gasteiger partial charge in [0.15, 0.2) is 0 Å². The smallest absolute Gasteiger partial charge is 0.407 e. The van der Waals surface area contributed by atoms with E-state index < -0.39 is 6.09 Å². The fourth-order valence-corrected chi connectivity index (χ4v) is 1.51. The van der Waals surface area contributed by atoms with E-state index in [1.54, 1.807) is 6.20 Å². The molecule has 0 aliphatic rings. The second kappa shape index (κ2) is 5.56. The van der Waals surface area contributed by atoms with Gasteiger partial charge in [0.2, 0.25) is 0 Å². The predicted octanol–water partition coefficient (Wildman–Crippen LogP) is 0.923. The lowest BCUT2D eigenvalue weighted by atomic mass is 10.4. The summed E-state index contributed by atoms with van der Waals surface area (Å²) in [5, 5.41) is 13.7. The van der Waals surface area contributed by atoms with Crippen molar-refractivity contribution in [2.45, 2.75) is 13.0 Å². The molecular weight excluding hydrogens is 204 g/mol. The summed E-state index contributed by atoms with van der Waals surface area (Å²) in [6, 6.07) is -0.166. The van der Waals surface area contributed by atoms with Crippen molar-refractivity contribution in [3.63, 3.8) is 0 Å². The van der Waals surface area contributed by atoms with Gasteiger partial charge in [-0.05, 0) is 6.92 Å². The molecule has 78 valence electrons. The first-order chi connectivity index (χ1) is 6.74. The van der Waals surface area contributed by atoms with Gasteiger partial charge in [-0.25, -0.2) is 9.78 Å². The summed E-state index contributed by atoms with van der Waals surface area (Å²) in [6.45, 7) is 1.66. The molecule has 1 atom stereocenters. The molecule has 6 heteroatoms. The zero-order valence-electron chi connectivity index (χ0n) is 7.77. The molecule has 0 saturated carbocycles. The van der Waals surface area contributed by atoms with Crippen LogP contribution in [0.15, 0.2) is 11.6 Å². The largest absolute Gasteiger partial charge is 0.447 e. The van der Waals surface area contributed by atoms with Gasteiger partial charge in [-0.1, -0.05) is 0 Å². The SMILES string of the molecule is CC(NC(=O)OCCO)c1nccs1. The summed E-state index contributed by atoms with van der Waals surface area (Å²) >= 11 is 1.47. The number of aromatic nitrogens is 1. The quantitative estimate of drug-likeness (QED) is 0.785. The van der Waals surface area contributed by atoms with E-state index in [0.29, 0.717) is 0 Å². The molecule has 1 aromatic heterocycles. The van der Waals surface area contributed by atoms with Crippen molar-refractivity contribution in [2.24, 2.45) is 0 Å². The van der Waals surface area contributed by atoms with Crippen molar-refractivity contribution in [1.82, 2.24) is 10.3 Å². The Labute approximate surface area is 85.7 Å². The fraction of sp³-hybridized carbons (Fsp3) is 0.500. The van der Waals surface area contributed by atoms with Crippen molar-refractivity contribution in [2.75, 3.05) is 13.2 Å². The standard InChI is InChI=1S/C8H12N2O3S/c1-6(7-9-2-5-14-7)10-8(12)13-4-3-11/h2,5-6,11H,3-4H2,1H3,(H,10,12). The van der Waals surface area contributed by atoms with Crippen LogP contribution in [0.3, 0.4) is 0 Å². The Morgan fingerprint density at radius 1 is 1.86 bits per heavy atom. The average Bonchev–Trinajstić information content (AvgIpc) is 2.67. The third-order valence-corrected chi connectivity index (χ3v) is 2.44. The molecule has 0 bridgehead atoms. The number of rotatable bonds is 4. The van der Waals surface area contributed by atoms with E-state index >= 15 is 0 Å². The van der Waals surface area contributed by atoms with Gasteiger partial charge < -0.3 is 15.2 Å². The van der Waals surface area contributed by atoms with Gasteiger partial charge in [0.05, 0.1) is 12.6 Å². The molecule has 0 saturated heterocycles. The highest BCUT2D eigenvalue weighted by Crippen LogP contribution is 2.14. The van der Waals surface area contributed by atoms with Crippen LogP contribution in [-0.2, 0) is 4.74 Å². The summed E-state index contributed by atoms with van der Waals surface area (Å²) in [5.74, 6) is 0. The molecule has 1 amide bonds. The molecule has 0 fully saturated rings. The molecule has 14 heavy (non-hydrogen) atoms. The van der Waals surface area contributed by atoms with Crippen molar-refractivity contribution in [3.05, 3.63) is 16.6 Å². The van der Waals surface area contributed by atoms with Crippen LogP contribution in [0.4, 0.5) is 4.79 Å². The van der Waals surface area contributed by atoms with E-state index in [4.69, 9.17) is 5.11 Å². The maximum Gasteiger partial charge on any atom is 0.407 e. The van der Waals surface area contributed by atoms with Crippen LogP contribution in [-0.4, -0.2) is 29.4 Å². The first kappa shape index (κ1) is 10.9. The second-order valence-corrected chi connectivity index (χ2v) is 3.52. The van der Waals surface area contributed by atoms with Crippen LogP contribution in [0.5, 0.6) is 0 Å². The maximum atomic E-state index is 11.0. The van der Waals surface area contributed by atoms with Crippen LogP contribution in [0.25, 0.3) is 0 Å². The number of carbonyl (C=O) groups is 1. The average molecular weight is 216 g/mol. The summed E-state index contributed by atoms with van der Waals surface area (Å²) in [6.07, 6.45) is 1.14. The van der Waals surface area contributed by atoms with Crippen molar-refractivity contribution < 1.29 is 14.6 Å². The van der Waals surface area contributed by atoms with E-state index in [-0.39, 0.29) is 19.3 Å². The maximum absolute atomic E-state index is 11.0. The minimum atomic E-state index is -0.540. The highest BCUT2D eigenvalue weighted by molar-refractivity contribution is 7.09. The number of hydrogen-bond acceptors (Lipinski definition) is 5. The first-order valence-electron chi connectivity index (χ1n) is 4.17. The van der Waals surface area contributed by atoms with E-state index in [1.807, 2.05) is 12.3 Å². The number of ether oxygens (including phenoxy) is 1. The molecule has 1 heterocycles. The topological polar surface area (TPSA) is 71.5 Å². The van der Waals surface area contributed by atoms with Gasteiger partial charge >= 0.3 is 6.09 Å². The number of nitrogens with zero attached hydrogens (tertiary/aromatic N) is 1. The molecular formula is C8H12N2O3S. The number of alkyl carbamates (subject to hydrolysis) is 1. The van der Waals surface area contributed by atoms with Crippen molar-refractivity contribution >= 4 is 17.4 Å². The van der Waals surface area contributed by atoms with Crippen LogP contribution in [0.2, 0.25) is 0 Å². The predicted molar refractivity (Wildman–Crippen MR) is 52.1 cm³/mol. The lowest BCUT2D eigenvalue weighted by Crippen LogP contribution is -2.28. The Bertz CT molecular complexity index is 276. The Kier molecular flexibility index (Phi) is 4.34. The highest BCUT2D eigenvalue weighted by Gasteiger charge is 2.11. The van der Waals surface area contributed by atoms with E-state index in [2.05, 4.69) is 15.0 Å². The number of thiazole rings is 1.